The summed E-state index contributed by atoms with van der Waals surface area (Å²) in [5.41, 5.74) is 7.80. The maximum atomic E-state index is 13.2. The SMILES string of the molecule is NCc1nc2cccnc2n1-c1ccc(F)c(Cl)c1. The van der Waals surface area contributed by atoms with Crippen LogP contribution in [-0.4, -0.2) is 14.5 Å². The number of aromatic nitrogens is 3. The molecule has 4 nitrogen and oxygen atoms in total. The van der Waals surface area contributed by atoms with Gasteiger partial charge in [0.05, 0.1) is 17.3 Å². The lowest BCUT2D eigenvalue weighted by molar-refractivity contribution is 0.627. The number of nitrogens with two attached hydrogens (primary N) is 1. The molecular weight excluding hydrogens is 267 g/mol. The molecule has 6 heteroatoms. The third-order valence-corrected chi connectivity index (χ3v) is 3.12. The largest absolute Gasteiger partial charge is 0.324 e. The molecule has 3 rings (SSSR count). The van der Waals surface area contributed by atoms with Gasteiger partial charge in [-0.15, -0.1) is 0 Å². The molecule has 2 N–H and O–H groups in total. The summed E-state index contributed by atoms with van der Waals surface area (Å²) in [6.45, 7) is 0.255. The molecule has 0 atom stereocenters. The van der Waals surface area contributed by atoms with Gasteiger partial charge < -0.3 is 5.73 Å². The number of rotatable bonds is 2. The third-order valence-electron chi connectivity index (χ3n) is 2.83. The minimum absolute atomic E-state index is 0.0539. The summed E-state index contributed by atoms with van der Waals surface area (Å²) in [5, 5.41) is 0.0539. The Morgan fingerprint density at radius 2 is 2.16 bits per heavy atom. The number of pyridine rings is 1. The fourth-order valence-electron chi connectivity index (χ4n) is 1.99. The van der Waals surface area contributed by atoms with Crippen molar-refractivity contribution >= 4 is 22.8 Å². The average Bonchev–Trinajstić information content (AvgIpc) is 2.80. The van der Waals surface area contributed by atoms with E-state index in [1.807, 2.05) is 6.07 Å². The molecule has 0 fully saturated rings. The van der Waals surface area contributed by atoms with Crippen molar-refractivity contribution in [1.29, 1.82) is 0 Å². The zero-order valence-corrected chi connectivity index (χ0v) is 10.6. The zero-order valence-electron chi connectivity index (χ0n) is 9.85. The number of benzene rings is 1. The maximum absolute atomic E-state index is 13.2. The van der Waals surface area contributed by atoms with E-state index in [4.69, 9.17) is 17.3 Å². The van der Waals surface area contributed by atoms with E-state index >= 15 is 0 Å². The maximum Gasteiger partial charge on any atom is 0.164 e. The Morgan fingerprint density at radius 1 is 1.32 bits per heavy atom. The van der Waals surface area contributed by atoms with Gasteiger partial charge in [-0.3, -0.25) is 4.57 Å². The summed E-state index contributed by atoms with van der Waals surface area (Å²) >= 11 is 5.82. The van der Waals surface area contributed by atoms with Crippen molar-refractivity contribution in [2.24, 2.45) is 5.73 Å². The Kier molecular flexibility index (Phi) is 2.93. The Balaban J connectivity index is 2.31. The molecule has 2 heterocycles. The molecule has 0 bridgehead atoms. The fraction of sp³-hybridized carbons (Fsp3) is 0.0769. The van der Waals surface area contributed by atoms with E-state index in [0.717, 1.165) is 5.52 Å². The number of fused-ring (bicyclic) bond motifs is 1. The molecule has 0 aliphatic carbocycles. The highest BCUT2D eigenvalue weighted by Gasteiger charge is 2.13. The van der Waals surface area contributed by atoms with E-state index in [0.29, 0.717) is 17.2 Å². The molecular formula is C13H10ClFN4. The summed E-state index contributed by atoms with van der Waals surface area (Å²) in [4.78, 5) is 8.68. The van der Waals surface area contributed by atoms with Gasteiger partial charge >= 0.3 is 0 Å². The van der Waals surface area contributed by atoms with Crippen molar-refractivity contribution in [2.45, 2.75) is 6.54 Å². The summed E-state index contributed by atoms with van der Waals surface area (Å²) < 4.78 is 15.0. The van der Waals surface area contributed by atoms with Gasteiger partial charge in [-0.1, -0.05) is 11.6 Å². The molecule has 3 aromatic rings. The molecule has 0 saturated heterocycles. The van der Waals surface area contributed by atoms with Crippen LogP contribution in [0.25, 0.3) is 16.9 Å². The second-order valence-electron chi connectivity index (χ2n) is 4.01. The minimum Gasteiger partial charge on any atom is -0.324 e. The lowest BCUT2D eigenvalue weighted by Crippen LogP contribution is -2.07. The first-order valence-electron chi connectivity index (χ1n) is 5.68. The Labute approximate surface area is 113 Å². The Bertz CT molecular complexity index is 753. The Morgan fingerprint density at radius 3 is 2.89 bits per heavy atom. The van der Waals surface area contributed by atoms with Gasteiger partial charge in [0.2, 0.25) is 0 Å². The average molecular weight is 277 g/mol. The smallest absolute Gasteiger partial charge is 0.164 e. The topological polar surface area (TPSA) is 56.7 Å². The van der Waals surface area contributed by atoms with Crippen molar-refractivity contribution in [3.05, 3.63) is 53.2 Å². The first-order chi connectivity index (χ1) is 9.20. The molecule has 0 unspecified atom stereocenters. The molecule has 2 aromatic heterocycles. The van der Waals surface area contributed by atoms with Crippen LogP contribution in [0.2, 0.25) is 5.02 Å². The van der Waals surface area contributed by atoms with Crippen LogP contribution < -0.4 is 5.73 Å². The second kappa shape index (κ2) is 4.60. The second-order valence-corrected chi connectivity index (χ2v) is 4.42. The van der Waals surface area contributed by atoms with Crippen LogP contribution in [-0.2, 0) is 6.54 Å². The minimum atomic E-state index is -0.461. The van der Waals surface area contributed by atoms with Gasteiger partial charge in [0, 0.05) is 6.20 Å². The predicted molar refractivity (Wildman–Crippen MR) is 71.7 cm³/mol. The summed E-state index contributed by atoms with van der Waals surface area (Å²) in [5.74, 6) is 0.188. The van der Waals surface area contributed by atoms with Gasteiger partial charge in [-0.2, -0.15) is 0 Å². The molecule has 0 spiro atoms. The molecule has 0 saturated carbocycles. The van der Waals surface area contributed by atoms with Crippen LogP contribution in [0, 0.1) is 5.82 Å². The van der Waals surface area contributed by atoms with Gasteiger partial charge in [0.25, 0.3) is 0 Å². The quantitative estimate of drug-likeness (QED) is 0.783. The van der Waals surface area contributed by atoms with E-state index in [1.54, 1.807) is 22.9 Å². The number of nitrogens with zero attached hydrogens (tertiary/aromatic N) is 3. The number of imidazole rings is 1. The number of hydrogen-bond donors (Lipinski definition) is 1. The lowest BCUT2D eigenvalue weighted by atomic mass is 10.3. The molecule has 0 aliphatic heterocycles. The highest BCUT2D eigenvalue weighted by Crippen LogP contribution is 2.23. The Hall–Kier alpha value is -1.98. The van der Waals surface area contributed by atoms with E-state index in [-0.39, 0.29) is 11.6 Å². The zero-order chi connectivity index (χ0) is 13.4. The predicted octanol–water partition coefficient (Wildman–Crippen LogP) is 2.67. The molecule has 96 valence electrons. The molecule has 0 aliphatic rings. The lowest BCUT2D eigenvalue weighted by Gasteiger charge is -2.08. The van der Waals surface area contributed by atoms with Crippen molar-refractivity contribution in [3.8, 4) is 5.69 Å². The van der Waals surface area contributed by atoms with Crippen molar-refractivity contribution in [3.63, 3.8) is 0 Å². The van der Waals surface area contributed by atoms with Gasteiger partial charge in [-0.25, -0.2) is 14.4 Å². The van der Waals surface area contributed by atoms with Crippen LogP contribution in [0.4, 0.5) is 4.39 Å². The van der Waals surface area contributed by atoms with E-state index in [1.165, 1.54) is 12.1 Å². The molecule has 0 radical (unpaired) electrons. The highest BCUT2D eigenvalue weighted by atomic mass is 35.5. The third kappa shape index (κ3) is 1.97. The first kappa shape index (κ1) is 12.1. The monoisotopic (exact) mass is 276 g/mol. The van der Waals surface area contributed by atoms with Crippen molar-refractivity contribution in [1.82, 2.24) is 14.5 Å². The molecule has 1 aromatic carbocycles. The van der Waals surface area contributed by atoms with E-state index in [2.05, 4.69) is 9.97 Å². The van der Waals surface area contributed by atoms with Gasteiger partial charge in [0.1, 0.15) is 17.2 Å². The van der Waals surface area contributed by atoms with Crippen molar-refractivity contribution in [2.75, 3.05) is 0 Å². The van der Waals surface area contributed by atoms with Crippen LogP contribution in [0.1, 0.15) is 5.82 Å². The van der Waals surface area contributed by atoms with Gasteiger partial charge in [-0.05, 0) is 30.3 Å². The highest BCUT2D eigenvalue weighted by molar-refractivity contribution is 6.30. The molecule has 0 amide bonds. The number of hydrogen-bond acceptors (Lipinski definition) is 3. The van der Waals surface area contributed by atoms with E-state index in [9.17, 15) is 4.39 Å². The van der Waals surface area contributed by atoms with Crippen molar-refractivity contribution < 1.29 is 4.39 Å². The normalized spacial score (nSPS) is 11.1. The van der Waals surface area contributed by atoms with Crippen LogP contribution in [0.3, 0.4) is 0 Å². The molecule has 19 heavy (non-hydrogen) atoms. The fourth-order valence-corrected chi connectivity index (χ4v) is 2.17. The standard InChI is InChI=1S/C13H10ClFN4/c14-9-6-8(3-4-10(9)15)19-12(7-16)18-11-2-1-5-17-13(11)19/h1-6H,7,16H2. The number of halogens is 2. The first-order valence-corrected chi connectivity index (χ1v) is 6.06. The summed E-state index contributed by atoms with van der Waals surface area (Å²) in [7, 11) is 0. The van der Waals surface area contributed by atoms with Gasteiger partial charge in [0.15, 0.2) is 5.65 Å². The van der Waals surface area contributed by atoms with Crippen LogP contribution in [0.15, 0.2) is 36.5 Å². The van der Waals surface area contributed by atoms with Crippen LogP contribution >= 0.6 is 11.6 Å². The van der Waals surface area contributed by atoms with Crippen LogP contribution in [0.5, 0.6) is 0 Å². The summed E-state index contributed by atoms with van der Waals surface area (Å²) in [6.07, 6.45) is 1.67. The van der Waals surface area contributed by atoms with E-state index < -0.39 is 5.82 Å². The summed E-state index contributed by atoms with van der Waals surface area (Å²) in [6, 6.07) is 8.12.